The van der Waals surface area contributed by atoms with Gasteiger partial charge in [0.15, 0.2) is 0 Å². The molecule has 0 aromatic carbocycles. The first-order valence-electron chi connectivity index (χ1n) is 6.07. The Kier molecular flexibility index (Phi) is 4.05. The van der Waals surface area contributed by atoms with E-state index >= 15 is 0 Å². The summed E-state index contributed by atoms with van der Waals surface area (Å²) in [6.45, 7) is 0.798. The van der Waals surface area contributed by atoms with Crippen LogP contribution >= 0.6 is 11.6 Å². The van der Waals surface area contributed by atoms with Crippen LogP contribution < -0.4 is 0 Å². The summed E-state index contributed by atoms with van der Waals surface area (Å²) in [5.74, 6) is 0.525. The third-order valence-corrected chi connectivity index (χ3v) is 3.60. The molecule has 5 heteroatoms. The van der Waals surface area contributed by atoms with Crippen LogP contribution in [0.3, 0.4) is 0 Å². The van der Waals surface area contributed by atoms with E-state index < -0.39 is 0 Å². The number of hydrogen-bond donors (Lipinski definition) is 0. The van der Waals surface area contributed by atoms with Crippen molar-refractivity contribution in [2.24, 2.45) is 7.05 Å². The third-order valence-electron chi connectivity index (χ3n) is 3.24. The molecular formula is C12H18ClN3O. The molecule has 0 radical (unpaired) electrons. The Morgan fingerprint density at radius 3 is 3.00 bits per heavy atom. The van der Waals surface area contributed by atoms with E-state index in [1.54, 1.807) is 17.1 Å². The Hall–Kier alpha value is -1.03. The zero-order chi connectivity index (χ0) is 12.3. The van der Waals surface area contributed by atoms with Gasteiger partial charge in [0.25, 0.3) is 5.91 Å². The van der Waals surface area contributed by atoms with Crippen LogP contribution in [-0.2, 0) is 7.05 Å². The summed E-state index contributed by atoms with van der Waals surface area (Å²) in [7, 11) is 1.87. The van der Waals surface area contributed by atoms with Crippen LogP contribution in [0.4, 0.5) is 0 Å². The van der Waals surface area contributed by atoms with Crippen LogP contribution in [0, 0.1) is 0 Å². The number of rotatable bonds is 2. The fourth-order valence-corrected chi connectivity index (χ4v) is 2.60. The molecule has 1 aromatic heterocycles. The van der Waals surface area contributed by atoms with E-state index in [1.165, 1.54) is 6.42 Å². The standard InChI is InChI=1S/C12H18ClN3O/c1-15-8-11(14-9-15)12(17)16-6-4-2-3-5-10(16)7-13/h8-10H,2-7H2,1H3. The second-order valence-electron chi connectivity index (χ2n) is 4.58. The van der Waals surface area contributed by atoms with Crippen molar-refractivity contribution in [3.63, 3.8) is 0 Å². The quantitative estimate of drug-likeness (QED) is 0.759. The van der Waals surface area contributed by atoms with Gasteiger partial charge in [0.2, 0.25) is 0 Å². The number of carbonyl (C=O) groups is 1. The number of nitrogens with zero attached hydrogens (tertiary/aromatic N) is 3. The molecule has 17 heavy (non-hydrogen) atoms. The number of imidazole rings is 1. The molecule has 1 aromatic rings. The second kappa shape index (κ2) is 5.54. The van der Waals surface area contributed by atoms with Crippen LogP contribution in [0.5, 0.6) is 0 Å². The lowest BCUT2D eigenvalue weighted by Crippen LogP contribution is -2.41. The molecule has 0 N–H and O–H groups in total. The molecule has 0 aliphatic carbocycles. The van der Waals surface area contributed by atoms with Crippen molar-refractivity contribution in [2.45, 2.75) is 31.7 Å². The smallest absolute Gasteiger partial charge is 0.274 e. The zero-order valence-corrected chi connectivity index (χ0v) is 10.9. The van der Waals surface area contributed by atoms with E-state index in [-0.39, 0.29) is 11.9 Å². The fraction of sp³-hybridized carbons (Fsp3) is 0.667. The van der Waals surface area contributed by atoms with E-state index in [1.807, 2.05) is 11.9 Å². The van der Waals surface area contributed by atoms with Crippen molar-refractivity contribution in [2.75, 3.05) is 12.4 Å². The molecule has 0 saturated carbocycles. The molecule has 0 spiro atoms. The van der Waals surface area contributed by atoms with Gasteiger partial charge in [0.05, 0.1) is 6.33 Å². The zero-order valence-electron chi connectivity index (χ0n) is 10.1. The topological polar surface area (TPSA) is 38.1 Å². The van der Waals surface area contributed by atoms with Crippen molar-refractivity contribution in [3.8, 4) is 0 Å². The number of aryl methyl sites for hydroxylation is 1. The number of carbonyl (C=O) groups excluding carboxylic acids is 1. The van der Waals surface area contributed by atoms with Gasteiger partial charge in [-0.2, -0.15) is 0 Å². The molecule has 1 atom stereocenters. The third kappa shape index (κ3) is 2.80. The summed E-state index contributed by atoms with van der Waals surface area (Å²) in [5.41, 5.74) is 0.518. The second-order valence-corrected chi connectivity index (χ2v) is 4.89. The predicted octanol–water partition coefficient (Wildman–Crippen LogP) is 2.04. The van der Waals surface area contributed by atoms with Gasteiger partial charge in [-0.05, 0) is 12.8 Å². The first-order valence-corrected chi connectivity index (χ1v) is 6.60. The molecule has 1 aliphatic heterocycles. The highest BCUT2D eigenvalue weighted by atomic mass is 35.5. The summed E-state index contributed by atoms with van der Waals surface area (Å²) in [6.07, 6.45) is 7.82. The van der Waals surface area contributed by atoms with Crippen molar-refractivity contribution in [1.29, 1.82) is 0 Å². The Bertz CT molecular complexity index is 391. The van der Waals surface area contributed by atoms with Crippen LogP contribution in [0.1, 0.15) is 36.2 Å². The van der Waals surface area contributed by atoms with Crippen LogP contribution in [0.2, 0.25) is 0 Å². The molecule has 4 nitrogen and oxygen atoms in total. The average Bonchev–Trinajstić information content (AvgIpc) is 2.64. The van der Waals surface area contributed by atoms with E-state index in [0.29, 0.717) is 11.6 Å². The van der Waals surface area contributed by atoms with Gasteiger partial charge in [0, 0.05) is 31.7 Å². The van der Waals surface area contributed by atoms with Crippen LogP contribution in [-0.4, -0.2) is 38.8 Å². The highest BCUT2D eigenvalue weighted by Crippen LogP contribution is 2.19. The molecular weight excluding hydrogens is 238 g/mol. The molecule has 2 rings (SSSR count). The predicted molar refractivity (Wildman–Crippen MR) is 67.2 cm³/mol. The average molecular weight is 256 g/mol. The minimum atomic E-state index is 0.0122. The van der Waals surface area contributed by atoms with Gasteiger partial charge in [0.1, 0.15) is 5.69 Å². The number of hydrogen-bond acceptors (Lipinski definition) is 2. The van der Waals surface area contributed by atoms with Crippen molar-refractivity contribution >= 4 is 17.5 Å². The maximum Gasteiger partial charge on any atom is 0.274 e. The molecule has 1 aliphatic rings. The van der Waals surface area contributed by atoms with Gasteiger partial charge >= 0.3 is 0 Å². The van der Waals surface area contributed by atoms with Gasteiger partial charge in [-0.15, -0.1) is 11.6 Å². The number of aromatic nitrogens is 2. The Morgan fingerprint density at radius 1 is 1.53 bits per heavy atom. The molecule has 94 valence electrons. The maximum absolute atomic E-state index is 12.3. The summed E-state index contributed by atoms with van der Waals surface area (Å²) in [4.78, 5) is 18.3. The Morgan fingerprint density at radius 2 is 2.35 bits per heavy atom. The van der Waals surface area contributed by atoms with Gasteiger partial charge in [-0.3, -0.25) is 4.79 Å². The lowest BCUT2D eigenvalue weighted by atomic mass is 10.1. The SMILES string of the molecule is Cn1cnc(C(=O)N2CCCCCC2CCl)c1. The number of amides is 1. The highest BCUT2D eigenvalue weighted by molar-refractivity contribution is 6.18. The molecule has 1 fully saturated rings. The monoisotopic (exact) mass is 255 g/mol. The number of alkyl halides is 1. The summed E-state index contributed by atoms with van der Waals surface area (Å²) in [5, 5.41) is 0. The first-order chi connectivity index (χ1) is 8.22. The van der Waals surface area contributed by atoms with Crippen LogP contribution in [0.15, 0.2) is 12.5 Å². The minimum absolute atomic E-state index is 0.0122. The Labute approximate surface area is 107 Å². The highest BCUT2D eigenvalue weighted by Gasteiger charge is 2.26. The molecule has 1 amide bonds. The van der Waals surface area contributed by atoms with E-state index in [2.05, 4.69) is 4.98 Å². The largest absolute Gasteiger partial charge is 0.340 e. The van der Waals surface area contributed by atoms with Crippen molar-refractivity contribution < 1.29 is 4.79 Å². The van der Waals surface area contributed by atoms with E-state index in [4.69, 9.17) is 11.6 Å². The van der Waals surface area contributed by atoms with Gasteiger partial charge in [-0.25, -0.2) is 4.98 Å². The Balaban J connectivity index is 2.15. The summed E-state index contributed by atoms with van der Waals surface area (Å²) in [6, 6.07) is 0.161. The molecule has 2 heterocycles. The number of likely N-dealkylation sites (tertiary alicyclic amines) is 1. The number of halogens is 1. The minimum Gasteiger partial charge on any atom is -0.340 e. The normalized spacial score (nSPS) is 21.3. The van der Waals surface area contributed by atoms with Gasteiger partial charge in [-0.1, -0.05) is 12.8 Å². The molecule has 0 bridgehead atoms. The van der Waals surface area contributed by atoms with E-state index in [0.717, 1.165) is 25.8 Å². The fourth-order valence-electron chi connectivity index (χ4n) is 2.28. The van der Waals surface area contributed by atoms with Crippen molar-refractivity contribution in [1.82, 2.24) is 14.5 Å². The van der Waals surface area contributed by atoms with Gasteiger partial charge < -0.3 is 9.47 Å². The summed E-state index contributed by atoms with van der Waals surface area (Å²) < 4.78 is 1.79. The van der Waals surface area contributed by atoms with E-state index in [9.17, 15) is 4.79 Å². The summed E-state index contributed by atoms with van der Waals surface area (Å²) >= 11 is 5.96. The maximum atomic E-state index is 12.3. The van der Waals surface area contributed by atoms with Crippen molar-refractivity contribution in [3.05, 3.63) is 18.2 Å². The first kappa shape index (κ1) is 12.4. The van der Waals surface area contributed by atoms with Crippen LogP contribution in [0.25, 0.3) is 0 Å². The molecule has 1 unspecified atom stereocenters. The lowest BCUT2D eigenvalue weighted by molar-refractivity contribution is 0.0695. The lowest BCUT2D eigenvalue weighted by Gasteiger charge is -2.27. The molecule has 1 saturated heterocycles.